The monoisotopic (exact) mass is 246 g/mol. The van der Waals surface area contributed by atoms with Gasteiger partial charge in [0.05, 0.1) is 11.6 Å². The number of hydrogen-bond acceptors (Lipinski definition) is 2. The van der Waals surface area contributed by atoms with E-state index >= 15 is 0 Å². The van der Waals surface area contributed by atoms with E-state index in [-0.39, 0.29) is 5.82 Å². The van der Waals surface area contributed by atoms with E-state index in [1.807, 2.05) is 6.07 Å². The Labute approximate surface area is 108 Å². The number of benzene rings is 1. The molecule has 1 aromatic rings. The smallest absolute Gasteiger partial charge is 0.129 e. The molecule has 1 fully saturated rings. The number of nitrogens with zero attached hydrogens (tertiary/aromatic N) is 1. The molecule has 1 aliphatic rings. The molecule has 0 heterocycles. The topological polar surface area (TPSA) is 35.8 Å². The minimum Gasteiger partial charge on any atom is -0.310 e. The van der Waals surface area contributed by atoms with E-state index < -0.39 is 0 Å². The van der Waals surface area contributed by atoms with Crippen molar-refractivity contribution in [1.82, 2.24) is 5.32 Å². The van der Waals surface area contributed by atoms with Gasteiger partial charge in [0.25, 0.3) is 0 Å². The summed E-state index contributed by atoms with van der Waals surface area (Å²) in [4.78, 5) is 0. The van der Waals surface area contributed by atoms with E-state index in [0.29, 0.717) is 29.6 Å². The highest BCUT2D eigenvalue weighted by atomic mass is 19.1. The fourth-order valence-electron chi connectivity index (χ4n) is 2.62. The summed E-state index contributed by atoms with van der Waals surface area (Å²) < 4.78 is 13.7. The summed E-state index contributed by atoms with van der Waals surface area (Å²) in [5.74, 6) is 0.380. The highest BCUT2D eigenvalue weighted by Crippen LogP contribution is 2.24. The lowest BCUT2D eigenvalue weighted by atomic mass is 9.86. The Balaban J connectivity index is 1.95. The molecular formula is C15H19FN2. The van der Waals surface area contributed by atoms with Crippen LogP contribution in [0.25, 0.3) is 0 Å². The van der Waals surface area contributed by atoms with E-state index in [1.54, 1.807) is 12.1 Å². The van der Waals surface area contributed by atoms with E-state index in [1.165, 1.54) is 31.7 Å². The van der Waals surface area contributed by atoms with Crippen LogP contribution in [-0.4, -0.2) is 6.04 Å². The fraction of sp³-hybridized carbons (Fsp3) is 0.533. The molecule has 1 aromatic carbocycles. The zero-order valence-electron chi connectivity index (χ0n) is 10.7. The van der Waals surface area contributed by atoms with E-state index in [0.717, 1.165) is 0 Å². The van der Waals surface area contributed by atoms with Crippen molar-refractivity contribution >= 4 is 0 Å². The Morgan fingerprint density at radius 1 is 1.39 bits per heavy atom. The summed E-state index contributed by atoms with van der Waals surface area (Å²) in [6.45, 7) is 2.80. The third kappa shape index (κ3) is 3.08. The molecule has 0 aliphatic heterocycles. The third-order valence-electron chi connectivity index (χ3n) is 3.85. The maximum Gasteiger partial charge on any atom is 0.129 e. The van der Waals surface area contributed by atoms with Crippen LogP contribution in [0.1, 0.15) is 43.7 Å². The SMILES string of the molecule is CC1CCCCC1NCc1ccc(C#N)cc1F. The van der Waals surface area contributed by atoms with Gasteiger partial charge in [0.1, 0.15) is 5.82 Å². The summed E-state index contributed by atoms with van der Waals surface area (Å²) in [7, 11) is 0. The van der Waals surface area contributed by atoms with Crippen molar-refractivity contribution in [1.29, 1.82) is 5.26 Å². The van der Waals surface area contributed by atoms with Crippen LogP contribution < -0.4 is 5.32 Å². The maximum atomic E-state index is 13.7. The normalized spacial score (nSPS) is 23.6. The highest BCUT2D eigenvalue weighted by molar-refractivity contribution is 5.32. The van der Waals surface area contributed by atoms with E-state index in [2.05, 4.69) is 12.2 Å². The minimum atomic E-state index is -0.287. The van der Waals surface area contributed by atoms with Crippen LogP contribution in [0.3, 0.4) is 0 Å². The largest absolute Gasteiger partial charge is 0.310 e. The van der Waals surface area contributed by atoms with Crippen molar-refractivity contribution < 1.29 is 4.39 Å². The van der Waals surface area contributed by atoms with Crippen LogP contribution in [0.2, 0.25) is 0 Å². The summed E-state index contributed by atoms with van der Waals surface area (Å²) in [5.41, 5.74) is 1.02. The first-order valence-corrected chi connectivity index (χ1v) is 6.62. The van der Waals surface area contributed by atoms with Gasteiger partial charge < -0.3 is 5.32 Å². The van der Waals surface area contributed by atoms with Gasteiger partial charge >= 0.3 is 0 Å². The zero-order valence-corrected chi connectivity index (χ0v) is 10.7. The molecule has 1 aliphatic carbocycles. The van der Waals surface area contributed by atoms with Gasteiger partial charge in [-0.1, -0.05) is 25.8 Å². The molecule has 18 heavy (non-hydrogen) atoms. The van der Waals surface area contributed by atoms with Crippen molar-refractivity contribution in [2.45, 2.75) is 45.2 Å². The second kappa shape index (κ2) is 5.97. The standard InChI is InChI=1S/C15H19FN2/c1-11-4-2-3-5-15(11)18-10-13-7-6-12(9-17)8-14(13)16/h6-8,11,15,18H,2-5,10H2,1H3. The molecule has 1 saturated carbocycles. The summed E-state index contributed by atoms with van der Waals surface area (Å²) in [5, 5.41) is 12.1. The lowest BCUT2D eigenvalue weighted by molar-refractivity contribution is 0.278. The van der Waals surface area contributed by atoms with E-state index in [9.17, 15) is 4.39 Å². The second-order valence-corrected chi connectivity index (χ2v) is 5.17. The Morgan fingerprint density at radius 2 is 2.17 bits per heavy atom. The third-order valence-corrected chi connectivity index (χ3v) is 3.85. The van der Waals surface area contributed by atoms with Crippen molar-refractivity contribution in [2.75, 3.05) is 0 Å². The summed E-state index contributed by atoms with van der Waals surface area (Å²) in [6.07, 6.45) is 5.01. The van der Waals surface area contributed by atoms with Crippen LogP contribution >= 0.6 is 0 Å². The van der Waals surface area contributed by atoms with Crippen LogP contribution in [0, 0.1) is 23.1 Å². The molecular weight excluding hydrogens is 227 g/mol. The lowest BCUT2D eigenvalue weighted by Crippen LogP contribution is -2.36. The van der Waals surface area contributed by atoms with Gasteiger partial charge in [-0.15, -0.1) is 0 Å². The van der Waals surface area contributed by atoms with Crippen molar-refractivity contribution in [3.63, 3.8) is 0 Å². The number of halogens is 1. The van der Waals surface area contributed by atoms with Crippen molar-refractivity contribution in [3.05, 3.63) is 35.1 Å². The first-order valence-electron chi connectivity index (χ1n) is 6.62. The van der Waals surface area contributed by atoms with Gasteiger partial charge in [-0.3, -0.25) is 0 Å². The molecule has 96 valence electrons. The lowest BCUT2D eigenvalue weighted by Gasteiger charge is -2.29. The minimum absolute atomic E-state index is 0.287. The maximum absolute atomic E-state index is 13.7. The average molecular weight is 246 g/mol. The Bertz CT molecular complexity index is 450. The Hall–Kier alpha value is -1.40. The van der Waals surface area contributed by atoms with E-state index in [4.69, 9.17) is 5.26 Å². The van der Waals surface area contributed by atoms with Gasteiger partial charge in [-0.05, 0) is 30.9 Å². The number of nitriles is 1. The predicted octanol–water partition coefficient (Wildman–Crippen LogP) is 3.37. The summed E-state index contributed by atoms with van der Waals surface area (Å²) >= 11 is 0. The quantitative estimate of drug-likeness (QED) is 0.887. The molecule has 0 radical (unpaired) electrons. The highest BCUT2D eigenvalue weighted by Gasteiger charge is 2.20. The first-order chi connectivity index (χ1) is 8.70. The molecule has 0 aromatic heterocycles. The predicted molar refractivity (Wildman–Crippen MR) is 69.4 cm³/mol. The molecule has 0 bridgehead atoms. The number of rotatable bonds is 3. The molecule has 0 saturated heterocycles. The van der Waals surface area contributed by atoms with Crippen molar-refractivity contribution in [2.24, 2.45) is 5.92 Å². The Kier molecular flexibility index (Phi) is 4.33. The molecule has 2 nitrogen and oxygen atoms in total. The molecule has 2 unspecified atom stereocenters. The molecule has 3 heteroatoms. The molecule has 2 atom stereocenters. The average Bonchev–Trinajstić information content (AvgIpc) is 2.39. The molecule has 1 N–H and O–H groups in total. The molecule has 2 rings (SSSR count). The van der Waals surface area contributed by atoms with Crippen LogP contribution in [0.4, 0.5) is 4.39 Å². The van der Waals surface area contributed by atoms with Gasteiger partial charge in [0, 0.05) is 18.2 Å². The number of hydrogen-bond donors (Lipinski definition) is 1. The number of nitrogens with one attached hydrogen (secondary N) is 1. The summed E-state index contributed by atoms with van der Waals surface area (Å²) in [6, 6.07) is 7.12. The molecule has 0 spiro atoms. The Morgan fingerprint density at radius 3 is 2.83 bits per heavy atom. The van der Waals surface area contributed by atoms with Gasteiger partial charge in [-0.2, -0.15) is 5.26 Å². The van der Waals surface area contributed by atoms with Gasteiger partial charge in [0.15, 0.2) is 0 Å². The zero-order chi connectivity index (χ0) is 13.0. The van der Waals surface area contributed by atoms with Crippen LogP contribution in [0.15, 0.2) is 18.2 Å². The van der Waals surface area contributed by atoms with Crippen molar-refractivity contribution in [3.8, 4) is 6.07 Å². The van der Waals surface area contributed by atoms with Crippen LogP contribution in [0.5, 0.6) is 0 Å². The first kappa shape index (κ1) is 13.0. The van der Waals surface area contributed by atoms with Gasteiger partial charge in [-0.25, -0.2) is 4.39 Å². The fourth-order valence-corrected chi connectivity index (χ4v) is 2.62. The second-order valence-electron chi connectivity index (χ2n) is 5.17. The van der Waals surface area contributed by atoms with Crippen LogP contribution in [-0.2, 0) is 6.54 Å². The molecule has 0 amide bonds. The van der Waals surface area contributed by atoms with Gasteiger partial charge in [0.2, 0.25) is 0 Å².